The normalized spacial score (nSPS) is 12.8. The molecule has 2 heterocycles. The van der Waals surface area contributed by atoms with Crippen molar-refractivity contribution in [1.82, 2.24) is 9.88 Å². The van der Waals surface area contributed by atoms with Gasteiger partial charge in [0.05, 0.1) is 28.5 Å². The summed E-state index contributed by atoms with van der Waals surface area (Å²) in [5.41, 5.74) is 2.50. The lowest BCUT2D eigenvalue weighted by atomic mass is 10.1. The zero-order valence-corrected chi connectivity index (χ0v) is 19.6. The van der Waals surface area contributed by atoms with Gasteiger partial charge in [0.1, 0.15) is 5.75 Å². The number of carbonyl (C=O) groups is 3. The molecule has 34 heavy (non-hydrogen) atoms. The lowest BCUT2D eigenvalue weighted by Crippen LogP contribution is -2.31. The minimum atomic E-state index is -0.412. The Morgan fingerprint density at radius 2 is 1.79 bits per heavy atom. The zero-order valence-electron chi connectivity index (χ0n) is 18.0. The van der Waals surface area contributed by atoms with Crippen LogP contribution in [-0.2, 0) is 6.42 Å². The fraction of sp³-hybridized carbons (Fsp3) is 0.120. The van der Waals surface area contributed by atoms with E-state index in [-0.39, 0.29) is 23.6 Å². The highest BCUT2D eigenvalue weighted by molar-refractivity contribution is 7.22. The Morgan fingerprint density at radius 1 is 1.03 bits per heavy atom. The smallest absolute Gasteiger partial charge is 0.261 e. The molecule has 0 fully saturated rings. The van der Waals surface area contributed by atoms with Crippen molar-refractivity contribution in [2.45, 2.75) is 6.42 Å². The number of hydrogen-bond donors (Lipinski definition) is 1. The van der Waals surface area contributed by atoms with E-state index in [1.54, 1.807) is 25.3 Å². The molecule has 4 aromatic rings. The maximum atomic E-state index is 12.9. The summed E-state index contributed by atoms with van der Waals surface area (Å²) >= 11 is 7.32. The predicted molar refractivity (Wildman–Crippen MR) is 131 cm³/mol. The summed E-state index contributed by atoms with van der Waals surface area (Å²) in [6.07, 6.45) is 0.518. The van der Waals surface area contributed by atoms with Crippen LogP contribution in [0.2, 0.25) is 5.02 Å². The molecule has 1 N–H and O–H groups in total. The summed E-state index contributed by atoms with van der Waals surface area (Å²) in [6, 6.07) is 17.3. The quantitative estimate of drug-likeness (QED) is 0.381. The molecule has 170 valence electrons. The van der Waals surface area contributed by atoms with Gasteiger partial charge in [0.15, 0.2) is 5.13 Å². The van der Waals surface area contributed by atoms with E-state index in [2.05, 4.69) is 10.3 Å². The van der Waals surface area contributed by atoms with Crippen LogP contribution >= 0.6 is 22.9 Å². The van der Waals surface area contributed by atoms with E-state index in [1.165, 1.54) is 34.4 Å². The van der Waals surface area contributed by atoms with Crippen molar-refractivity contribution in [1.29, 1.82) is 0 Å². The first-order valence-electron chi connectivity index (χ1n) is 10.4. The summed E-state index contributed by atoms with van der Waals surface area (Å²) in [6.45, 7) is 0.245. The third kappa shape index (κ3) is 4.13. The highest BCUT2D eigenvalue weighted by Crippen LogP contribution is 2.29. The van der Waals surface area contributed by atoms with Crippen LogP contribution in [0.15, 0.2) is 60.7 Å². The minimum Gasteiger partial charge on any atom is -0.497 e. The molecule has 0 bridgehead atoms. The number of methoxy groups -OCH3 is 1. The fourth-order valence-corrected chi connectivity index (χ4v) is 4.93. The lowest BCUT2D eigenvalue weighted by Gasteiger charge is -2.13. The van der Waals surface area contributed by atoms with E-state index in [4.69, 9.17) is 16.3 Å². The highest BCUT2D eigenvalue weighted by Gasteiger charge is 2.35. The highest BCUT2D eigenvalue weighted by atomic mass is 35.5. The van der Waals surface area contributed by atoms with Crippen molar-refractivity contribution >= 4 is 56.0 Å². The van der Waals surface area contributed by atoms with Crippen LogP contribution in [0.4, 0.5) is 5.13 Å². The van der Waals surface area contributed by atoms with E-state index in [1.807, 2.05) is 24.3 Å². The predicted octanol–water partition coefficient (Wildman–Crippen LogP) is 5.05. The number of benzene rings is 3. The topological polar surface area (TPSA) is 88.6 Å². The van der Waals surface area contributed by atoms with E-state index >= 15 is 0 Å². The Labute approximate surface area is 203 Å². The van der Waals surface area contributed by atoms with Gasteiger partial charge in [0.25, 0.3) is 17.7 Å². The molecule has 0 atom stereocenters. The molecule has 0 unspecified atom stereocenters. The number of fused-ring (bicyclic) bond motifs is 2. The molecule has 5 rings (SSSR count). The molecule has 7 nitrogen and oxygen atoms in total. The molecule has 0 spiro atoms. The second-order valence-electron chi connectivity index (χ2n) is 7.71. The fourth-order valence-electron chi connectivity index (χ4n) is 3.79. The van der Waals surface area contributed by atoms with Crippen LogP contribution in [-0.4, -0.2) is 41.3 Å². The molecule has 1 aliphatic heterocycles. The maximum Gasteiger partial charge on any atom is 0.261 e. The summed E-state index contributed by atoms with van der Waals surface area (Å²) in [5, 5.41) is 3.77. The number of amides is 3. The number of ether oxygens (including phenoxy) is 1. The number of imide groups is 1. The van der Waals surface area contributed by atoms with Crippen molar-refractivity contribution < 1.29 is 19.1 Å². The number of aromatic nitrogens is 1. The number of nitrogens with one attached hydrogen (secondary N) is 1. The number of rotatable bonds is 6. The van der Waals surface area contributed by atoms with Gasteiger partial charge < -0.3 is 4.74 Å². The first-order valence-corrected chi connectivity index (χ1v) is 11.6. The molecule has 1 aliphatic rings. The second-order valence-corrected chi connectivity index (χ2v) is 9.17. The van der Waals surface area contributed by atoms with Crippen molar-refractivity contribution in [2.24, 2.45) is 0 Å². The van der Waals surface area contributed by atoms with Crippen molar-refractivity contribution in [3.8, 4) is 5.75 Å². The third-order valence-electron chi connectivity index (χ3n) is 5.59. The largest absolute Gasteiger partial charge is 0.497 e. The Morgan fingerprint density at radius 3 is 2.56 bits per heavy atom. The van der Waals surface area contributed by atoms with E-state index in [9.17, 15) is 14.4 Å². The van der Waals surface area contributed by atoms with Gasteiger partial charge in [-0.25, -0.2) is 4.98 Å². The van der Waals surface area contributed by atoms with Gasteiger partial charge in [0, 0.05) is 17.1 Å². The Bertz CT molecular complexity index is 1450. The SMILES string of the molecule is COc1ccc(CCN2C(=O)c3ccc(C(=O)Nc4nc5ccc(Cl)cc5s4)cc3C2=O)cc1. The number of thiazole rings is 1. The molecule has 0 saturated heterocycles. The average molecular weight is 492 g/mol. The molecule has 9 heteroatoms. The first-order chi connectivity index (χ1) is 16.4. The molecule has 3 aromatic carbocycles. The third-order valence-corrected chi connectivity index (χ3v) is 6.76. The van der Waals surface area contributed by atoms with Gasteiger partial charge in [-0.15, -0.1) is 0 Å². The lowest BCUT2D eigenvalue weighted by molar-refractivity contribution is 0.0656. The number of halogens is 1. The number of carbonyl (C=O) groups excluding carboxylic acids is 3. The molecular weight excluding hydrogens is 474 g/mol. The Hall–Kier alpha value is -3.75. The average Bonchev–Trinajstić information content (AvgIpc) is 3.35. The summed E-state index contributed by atoms with van der Waals surface area (Å²) in [5.74, 6) is -0.434. The van der Waals surface area contributed by atoms with Crippen LogP contribution < -0.4 is 10.1 Å². The van der Waals surface area contributed by atoms with Crippen molar-refractivity contribution in [2.75, 3.05) is 19.0 Å². The zero-order chi connectivity index (χ0) is 23.8. The number of hydrogen-bond acceptors (Lipinski definition) is 6. The minimum absolute atomic E-state index is 0.225. The molecule has 0 saturated carbocycles. The molecular formula is C25H18ClN3O4S. The van der Waals surface area contributed by atoms with Gasteiger partial charge in [0.2, 0.25) is 0 Å². The van der Waals surface area contributed by atoms with E-state index < -0.39 is 11.8 Å². The van der Waals surface area contributed by atoms with Crippen LogP contribution in [0.3, 0.4) is 0 Å². The summed E-state index contributed by atoms with van der Waals surface area (Å²) < 4.78 is 6.00. The summed E-state index contributed by atoms with van der Waals surface area (Å²) in [7, 11) is 1.59. The molecule has 0 radical (unpaired) electrons. The van der Waals surface area contributed by atoms with Crippen molar-refractivity contribution in [3.05, 3.63) is 87.9 Å². The molecule has 0 aliphatic carbocycles. The van der Waals surface area contributed by atoms with Gasteiger partial charge in [-0.05, 0) is 60.5 Å². The summed E-state index contributed by atoms with van der Waals surface area (Å²) in [4.78, 5) is 44.1. The maximum absolute atomic E-state index is 12.9. The molecule has 3 amide bonds. The van der Waals surface area contributed by atoms with Crippen LogP contribution in [0.1, 0.15) is 36.6 Å². The van der Waals surface area contributed by atoms with Crippen LogP contribution in [0.25, 0.3) is 10.2 Å². The van der Waals surface area contributed by atoms with E-state index in [0.29, 0.717) is 22.1 Å². The van der Waals surface area contributed by atoms with Crippen molar-refractivity contribution in [3.63, 3.8) is 0 Å². The monoisotopic (exact) mass is 491 g/mol. The standard InChI is InChI=1S/C25H18ClN3O4S/c1-33-17-6-2-14(3-7-17)10-11-29-23(31)18-8-4-15(12-19(18)24(29)32)22(30)28-25-27-20-9-5-16(26)13-21(20)34-25/h2-9,12-13H,10-11H2,1H3,(H,27,28,30). The van der Waals surface area contributed by atoms with Gasteiger partial charge >= 0.3 is 0 Å². The van der Waals surface area contributed by atoms with Gasteiger partial charge in [-0.3, -0.25) is 24.6 Å². The first kappa shape index (κ1) is 22.1. The van der Waals surface area contributed by atoms with Crippen LogP contribution in [0, 0.1) is 0 Å². The number of nitrogens with zero attached hydrogens (tertiary/aromatic N) is 2. The van der Waals surface area contributed by atoms with E-state index in [0.717, 1.165) is 21.5 Å². The second kappa shape index (κ2) is 8.89. The van der Waals surface area contributed by atoms with Crippen LogP contribution in [0.5, 0.6) is 5.75 Å². The Balaban J connectivity index is 1.30. The van der Waals surface area contributed by atoms with Gasteiger partial charge in [-0.2, -0.15) is 0 Å². The van der Waals surface area contributed by atoms with Gasteiger partial charge in [-0.1, -0.05) is 35.1 Å². The molecule has 1 aromatic heterocycles. The number of anilines is 1. The Kier molecular flexibility index (Phi) is 5.77.